The van der Waals surface area contributed by atoms with E-state index in [-0.39, 0.29) is 11.9 Å². The number of nitrogens with one attached hydrogen (secondary N) is 1. The van der Waals surface area contributed by atoms with Gasteiger partial charge in [-0.05, 0) is 62.6 Å². The molecule has 0 fully saturated rings. The first kappa shape index (κ1) is 19.5. The van der Waals surface area contributed by atoms with Crippen molar-refractivity contribution < 1.29 is 13.9 Å². The maximum absolute atomic E-state index is 13.9. The van der Waals surface area contributed by atoms with E-state index in [2.05, 4.69) is 11.4 Å². The van der Waals surface area contributed by atoms with Crippen LogP contribution in [0.4, 0.5) is 14.9 Å². The third-order valence-corrected chi connectivity index (χ3v) is 4.60. The monoisotopic (exact) mass is 390 g/mol. The van der Waals surface area contributed by atoms with E-state index in [9.17, 15) is 9.18 Å². The number of fused-ring (bicyclic) bond motifs is 1. The Labute approximate surface area is 164 Å². The number of amides is 1. The van der Waals surface area contributed by atoms with Gasteiger partial charge in [0.05, 0.1) is 0 Å². The van der Waals surface area contributed by atoms with Crippen LogP contribution in [0.2, 0.25) is 5.02 Å². The molecule has 3 rings (SSSR count). The zero-order chi connectivity index (χ0) is 19.6. The molecule has 0 radical (unpaired) electrons. The molecule has 2 aromatic carbocycles. The summed E-state index contributed by atoms with van der Waals surface area (Å²) < 4.78 is 19.4. The predicted octanol–water partition coefficient (Wildman–Crippen LogP) is 5.38. The summed E-state index contributed by atoms with van der Waals surface area (Å²) >= 11 is 5.79. The summed E-state index contributed by atoms with van der Waals surface area (Å²) in [6.07, 6.45) is 0.496. The van der Waals surface area contributed by atoms with Gasteiger partial charge in [-0.15, -0.1) is 0 Å². The SMILES string of the molecule is CC(C)(C)OC(=O)N1CCc2ccc(NCc3ccc(Cl)cc3F)cc2C1. The minimum absolute atomic E-state index is 0.297. The number of halogens is 2. The molecule has 0 aromatic heterocycles. The average Bonchev–Trinajstić information content (AvgIpc) is 2.59. The van der Waals surface area contributed by atoms with Crippen molar-refractivity contribution in [3.05, 3.63) is 63.9 Å². The van der Waals surface area contributed by atoms with Crippen LogP contribution in [0.1, 0.15) is 37.5 Å². The molecule has 1 aliphatic rings. The van der Waals surface area contributed by atoms with Crippen molar-refractivity contribution in [1.82, 2.24) is 4.90 Å². The summed E-state index contributed by atoms with van der Waals surface area (Å²) in [6, 6.07) is 10.7. The van der Waals surface area contributed by atoms with Crippen LogP contribution in [0.3, 0.4) is 0 Å². The Morgan fingerprint density at radius 3 is 2.70 bits per heavy atom. The highest BCUT2D eigenvalue weighted by Crippen LogP contribution is 2.25. The van der Waals surface area contributed by atoms with Crippen LogP contribution >= 0.6 is 11.6 Å². The average molecular weight is 391 g/mol. The van der Waals surface area contributed by atoms with E-state index in [0.717, 1.165) is 17.7 Å². The molecule has 0 saturated heterocycles. The fraction of sp³-hybridized carbons (Fsp3) is 0.381. The topological polar surface area (TPSA) is 41.6 Å². The summed E-state index contributed by atoms with van der Waals surface area (Å²) in [6.45, 7) is 7.10. The zero-order valence-corrected chi connectivity index (χ0v) is 16.6. The molecule has 0 atom stereocenters. The van der Waals surface area contributed by atoms with Gasteiger partial charge in [0.25, 0.3) is 0 Å². The van der Waals surface area contributed by atoms with Gasteiger partial charge in [0.1, 0.15) is 11.4 Å². The van der Waals surface area contributed by atoms with Crippen molar-refractivity contribution in [1.29, 1.82) is 0 Å². The number of rotatable bonds is 3. The van der Waals surface area contributed by atoms with E-state index >= 15 is 0 Å². The molecule has 1 aliphatic heterocycles. The minimum Gasteiger partial charge on any atom is -0.444 e. The summed E-state index contributed by atoms with van der Waals surface area (Å²) in [4.78, 5) is 14.0. The van der Waals surface area contributed by atoms with E-state index in [4.69, 9.17) is 16.3 Å². The Kier molecular flexibility index (Phi) is 5.61. The van der Waals surface area contributed by atoms with Crippen molar-refractivity contribution in [2.75, 3.05) is 11.9 Å². The molecule has 1 amide bonds. The quantitative estimate of drug-likeness (QED) is 0.764. The molecule has 2 aromatic rings. The third-order valence-electron chi connectivity index (χ3n) is 4.37. The van der Waals surface area contributed by atoms with Crippen molar-refractivity contribution in [3.8, 4) is 0 Å². The molecule has 1 heterocycles. The van der Waals surface area contributed by atoms with Crippen molar-refractivity contribution in [2.45, 2.75) is 45.9 Å². The largest absolute Gasteiger partial charge is 0.444 e. The van der Waals surface area contributed by atoms with Crippen molar-refractivity contribution >= 4 is 23.4 Å². The van der Waals surface area contributed by atoms with Crippen LogP contribution in [-0.4, -0.2) is 23.1 Å². The molecule has 144 valence electrons. The van der Waals surface area contributed by atoms with Gasteiger partial charge in [0.15, 0.2) is 0 Å². The molecule has 0 bridgehead atoms. The summed E-state index contributed by atoms with van der Waals surface area (Å²) in [7, 11) is 0. The summed E-state index contributed by atoms with van der Waals surface area (Å²) in [5, 5.41) is 3.62. The van der Waals surface area contributed by atoms with Gasteiger partial charge in [0, 0.05) is 35.9 Å². The number of nitrogens with zero attached hydrogens (tertiary/aromatic N) is 1. The van der Waals surface area contributed by atoms with Crippen LogP contribution in [0, 0.1) is 5.82 Å². The highest BCUT2D eigenvalue weighted by atomic mass is 35.5. The van der Waals surface area contributed by atoms with E-state index in [1.807, 2.05) is 32.9 Å². The second-order valence-corrected chi connectivity index (χ2v) is 8.16. The zero-order valence-electron chi connectivity index (χ0n) is 15.8. The second kappa shape index (κ2) is 7.77. The normalized spacial score (nSPS) is 13.9. The van der Waals surface area contributed by atoms with Gasteiger partial charge in [0.2, 0.25) is 0 Å². The Morgan fingerprint density at radius 2 is 2.00 bits per heavy atom. The predicted molar refractivity (Wildman–Crippen MR) is 106 cm³/mol. The lowest BCUT2D eigenvalue weighted by Crippen LogP contribution is -2.39. The lowest BCUT2D eigenvalue weighted by atomic mass is 9.99. The number of benzene rings is 2. The Morgan fingerprint density at radius 1 is 1.22 bits per heavy atom. The van der Waals surface area contributed by atoms with E-state index in [1.54, 1.807) is 17.0 Å². The molecule has 0 spiro atoms. The minimum atomic E-state index is -0.510. The van der Waals surface area contributed by atoms with Crippen LogP contribution in [0.5, 0.6) is 0 Å². The fourth-order valence-corrected chi connectivity index (χ4v) is 3.17. The van der Waals surface area contributed by atoms with Gasteiger partial charge in [-0.2, -0.15) is 0 Å². The van der Waals surface area contributed by atoms with Gasteiger partial charge < -0.3 is 15.0 Å². The highest BCUT2D eigenvalue weighted by molar-refractivity contribution is 6.30. The number of carbonyl (C=O) groups excluding carboxylic acids is 1. The molecule has 27 heavy (non-hydrogen) atoms. The lowest BCUT2D eigenvalue weighted by molar-refractivity contribution is 0.0224. The molecule has 1 N–H and O–H groups in total. The number of anilines is 1. The smallest absolute Gasteiger partial charge is 0.410 e. The first-order valence-corrected chi connectivity index (χ1v) is 9.36. The summed E-state index contributed by atoms with van der Waals surface area (Å²) in [5.74, 6) is -0.330. The molecular weight excluding hydrogens is 367 g/mol. The van der Waals surface area contributed by atoms with Gasteiger partial charge in [-0.3, -0.25) is 0 Å². The second-order valence-electron chi connectivity index (χ2n) is 7.72. The molecule has 0 saturated carbocycles. The Bertz CT molecular complexity index is 849. The third kappa shape index (κ3) is 5.13. The van der Waals surface area contributed by atoms with Crippen molar-refractivity contribution in [2.24, 2.45) is 0 Å². The van der Waals surface area contributed by atoms with Gasteiger partial charge >= 0.3 is 6.09 Å². The maximum atomic E-state index is 13.9. The molecule has 0 aliphatic carbocycles. The molecular formula is C21H24ClFN2O2. The molecule has 6 heteroatoms. The Hall–Kier alpha value is -2.27. The first-order chi connectivity index (χ1) is 12.7. The highest BCUT2D eigenvalue weighted by Gasteiger charge is 2.25. The van der Waals surface area contributed by atoms with Crippen molar-refractivity contribution in [3.63, 3.8) is 0 Å². The van der Waals surface area contributed by atoms with Crippen LogP contribution in [0.25, 0.3) is 0 Å². The number of hydrogen-bond acceptors (Lipinski definition) is 3. The van der Waals surface area contributed by atoms with Gasteiger partial charge in [-0.25, -0.2) is 9.18 Å². The van der Waals surface area contributed by atoms with Gasteiger partial charge in [-0.1, -0.05) is 23.7 Å². The number of hydrogen-bond donors (Lipinski definition) is 1. The maximum Gasteiger partial charge on any atom is 0.410 e. The van der Waals surface area contributed by atoms with Crippen LogP contribution in [-0.2, 0) is 24.2 Å². The molecule has 4 nitrogen and oxygen atoms in total. The summed E-state index contributed by atoms with van der Waals surface area (Å²) in [5.41, 5.74) is 3.22. The van der Waals surface area contributed by atoms with Crippen LogP contribution < -0.4 is 5.32 Å². The van der Waals surface area contributed by atoms with E-state index < -0.39 is 5.60 Å². The standard InChI is InChI=1S/C21H24ClFN2O2/c1-21(2,3)27-20(26)25-9-8-14-5-7-18(10-16(14)13-25)24-12-15-4-6-17(22)11-19(15)23/h4-7,10-11,24H,8-9,12-13H2,1-3H3. The Balaban J connectivity index is 1.67. The van der Waals surface area contributed by atoms with E-state index in [0.29, 0.717) is 30.2 Å². The van der Waals surface area contributed by atoms with E-state index in [1.165, 1.54) is 11.6 Å². The number of ether oxygens (including phenoxy) is 1. The van der Waals surface area contributed by atoms with Crippen LogP contribution in [0.15, 0.2) is 36.4 Å². The lowest BCUT2D eigenvalue weighted by Gasteiger charge is -2.31. The number of carbonyl (C=O) groups is 1. The first-order valence-electron chi connectivity index (χ1n) is 8.99. The fourth-order valence-electron chi connectivity index (χ4n) is 3.01. The molecule has 0 unspecified atom stereocenters.